The van der Waals surface area contributed by atoms with Crippen molar-refractivity contribution in [3.05, 3.63) is 58.6 Å². The van der Waals surface area contributed by atoms with E-state index in [0.29, 0.717) is 12.3 Å². The van der Waals surface area contributed by atoms with Crippen LogP contribution >= 0.6 is 27.7 Å². The van der Waals surface area contributed by atoms with E-state index < -0.39 is 0 Å². The zero-order chi connectivity index (χ0) is 16.9. The second-order valence-corrected chi connectivity index (χ2v) is 7.65. The minimum absolute atomic E-state index is 0.00510. The molecule has 1 saturated heterocycles. The van der Waals surface area contributed by atoms with E-state index in [1.165, 1.54) is 0 Å². The molecule has 3 N–H and O–H groups in total. The van der Waals surface area contributed by atoms with Gasteiger partial charge in [-0.15, -0.1) is 11.8 Å². The number of benzene rings is 2. The molecule has 0 radical (unpaired) electrons. The molecule has 1 heterocycles. The Balaban J connectivity index is 1.84. The molecule has 0 unspecified atom stereocenters. The van der Waals surface area contributed by atoms with Gasteiger partial charge in [0.25, 0.3) is 0 Å². The third kappa shape index (κ3) is 4.12. The van der Waals surface area contributed by atoms with E-state index in [1.54, 1.807) is 11.8 Å². The van der Waals surface area contributed by atoms with Crippen molar-refractivity contribution in [2.75, 3.05) is 12.3 Å². The van der Waals surface area contributed by atoms with E-state index in [2.05, 4.69) is 21.2 Å². The summed E-state index contributed by atoms with van der Waals surface area (Å²) < 4.78 is 6.80. The smallest absolute Gasteiger partial charge is 0.237 e. The number of nitrogens with one attached hydrogen (secondary N) is 1. The van der Waals surface area contributed by atoms with E-state index in [1.807, 2.05) is 48.5 Å². The Labute approximate surface area is 154 Å². The van der Waals surface area contributed by atoms with Crippen molar-refractivity contribution in [2.45, 2.75) is 17.7 Å². The van der Waals surface area contributed by atoms with Gasteiger partial charge in [-0.1, -0.05) is 34.1 Å². The molecule has 126 valence electrons. The lowest BCUT2D eigenvalue weighted by Gasteiger charge is -2.18. The fourth-order valence-corrected chi connectivity index (χ4v) is 4.45. The van der Waals surface area contributed by atoms with Gasteiger partial charge in [-0.3, -0.25) is 4.79 Å². The molecular formula is C18H19BrN2O2S. The number of carbonyl (C=O) groups is 1. The average Bonchev–Trinajstić information content (AvgIpc) is 2.79. The van der Waals surface area contributed by atoms with Crippen LogP contribution in [0.3, 0.4) is 0 Å². The van der Waals surface area contributed by atoms with Crippen LogP contribution in [0.25, 0.3) is 0 Å². The summed E-state index contributed by atoms with van der Waals surface area (Å²) in [6.07, 6.45) is 0.890. The molecule has 1 aliphatic heterocycles. The van der Waals surface area contributed by atoms with Gasteiger partial charge in [-0.05, 0) is 48.1 Å². The minimum atomic E-state index is -0.268. The molecule has 0 spiro atoms. The fourth-order valence-electron chi connectivity index (χ4n) is 2.57. The molecule has 2 atom stereocenters. The number of halogens is 1. The number of amides is 1. The number of hydrogen-bond acceptors (Lipinski definition) is 4. The lowest BCUT2D eigenvalue weighted by atomic mass is 10.1. The van der Waals surface area contributed by atoms with Crippen LogP contribution in [-0.2, 0) is 4.79 Å². The summed E-state index contributed by atoms with van der Waals surface area (Å²) in [5, 5.41) is 2.76. The first-order chi connectivity index (χ1) is 11.7. The maximum absolute atomic E-state index is 12.6. The molecule has 4 nitrogen and oxygen atoms in total. The highest BCUT2D eigenvalue weighted by atomic mass is 79.9. The zero-order valence-corrected chi connectivity index (χ0v) is 15.5. The van der Waals surface area contributed by atoms with Crippen LogP contribution in [-0.4, -0.2) is 24.2 Å². The molecule has 0 saturated carbocycles. The molecule has 2 aromatic rings. The predicted octanol–water partition coefficient (Wildman–Crippen LogP) is 3.86. The Morgan fingerprint density at radius 3 is 2.75 bits per heavy atom. The van der Waals surface area contributed by atoms with E-state index >= 15 is 0 Å². The highest BCUT2D eigenvalue weighted by Gasteiger charge is 2.28. The Kier molecular flexibility index (Phi) is 5.81. The summed E-state index contributed by atoms with van der Waals surface area (Å²) in [4.78, 5) is 12.6. The molecule has 0 aromatic heterocycles. The molecule has 24 heavy (non-hydrogen) atoms. The van der Waals surface area contributed by atoms with Crippen molar-refractivity contribution in [1.29, 1.82) is 0 Å². The molecule has 1 fully saturated rings. The highest BCUT2D eigenvalue weighted by Crippen LogP contribution is 2.38. The second kappa shape index (κ2) is 8.05. The Bertz CT molecular complexity index is 711. The average molecular weight is 407 g/mol. The summed E-state index contributed by atoms with van der Waals surface area (Å²) in [7, 11) is 0. The Hall–Kier alpha value is -1.50. The van der Waals surface area contributed by atoms with Crippen LogP contribution in [0.5, 0.6) is 11.5 Å². The number of para-hydroxylation sites is 1. The monoisotopic (exact) mass is 406 g/mol. The lowest BCUT2D eigenvalue weighted by Crippen LogP contribution is -2.40. The van der Waals surface area contributed by atoms with Gasteiger partial charge >= 0.3 is 0 Å². The number of ether oxygens (including phenoxy) is 1. The number of thioether (sulfide) groups is 1. The lowest BCUT2D eigenvalue weighted by molar-refractivity contribution is -0.121. The van der Waals surface area contributed by atoms with Crippen LogP contribution in [0.4, 0.5) is 0 Å². The zero-order valence-electron chi connectivity index (χ0n) is 13.1. The fraction of sp³-hybridized carbons (Fsp3) is 0.278. The molecule has 0 aliphatic carbocycles. The van der Waals surface area contributed by atoms with Crippen LogP contribution < -0.4 is 15.8 Å². The van der Waals surface area contributed by atoms with Gasteiger partial charge in [-0.2, -0.15) is 0 Å². The summed E-state index contributed by atoms with van der Waals surface area (Å²) in [5.74, 6) is 2.38. The first kappa shape index (κ1) is 17.3. The third-order valence-corrected chi connectivity index (χ3v) is 5.84. The van der Waals surface area contributed by atoms with E-state index in [-0.39, 0.29) is 17.2 Å². The van der Waals surface area contributed by atoms with Crippen molar-refractivity contribution < 1.29 is 9.53 Å². The van der Waals surface area contributed by atoms with Gasteiger partial charge in [0.05, 0.1) is 0 Å². The number of hydrogen-bond donors (Lipinski definition) is 2. The highest BCUT2D eigenvalue weighted by molar-refractivity contribution is 9.10. The topological polar surface area (TPSA) is 64.3 Å². The van der Waals surface area contributed by atoms with E-state index in [4.69, 9.17) is 10.5 Å². The van der Waals surface area contributed by atoms with Crippen LogP contribution in [0.2, 0.25) is 0 Å². The van der Waals surface area contributed by atoms with E-state index in [0.717, 1.165) is 28.0 Å². The third-order valence-electron chi connectivity index (χ3n) is 3.85. The SMILES string of the molecule is NC[C@@H]1CCS[C@H](c2cc(Oc3ccccc3)ccc2Br)C(=O)N1. The second-order valence-electron chi connectivity index (χ2n) is 5.58. The van der Waals surface area contributed by atoms with Crippen molar-refractivity contribution in [1.82, 2.24) is 5.32 Å². The Morgan fingerprint density at radius 1 is 1.21 bits per heavy atom. The first-order valence-corrected chi connectivity index (χ1v) is 9.66. The summed E-state index contributed by atoms with van der Waals surface area (Å²) in [6.45, 7) is 0.470. The molecule has 0 bridgehead atoms. The number of rotatable bonds is 4. The van der Waals surface area contributed by atoms with Crippen LogP contribution in [0.1, 0.15) is 17.2 Å². The molecular weight excluding hydrogens is 388 g/mol. The van der Waals surface area contributed by atoms with E-state index in [9.17, 15) is 4.79 Å². The van der Waals surface area contributed by atoms with Gasteiger partial charge < -0.3 is 15.8 Å². The molecule has 3 rings (SSSR count). The van der Waals surface area contributed by atoms with Gasteiger partial charge in [0.1, 0.15) is 16.7 Å². The van der Waals surface area contributed by atoms with Crippen LogP contribution in [0, 0.1) is 0 Å². The largest absolute Gasteiger partial charge is 0.457 e. The number of nitrogens with two attached hydrogens (primary N) is 1. The summed E-state index contributed by atoms with van der Waals surface area (Å²) in [5.41, 5.74) is 6.63. The molecule has 1 aliphatic rings. The predicted molar refractivity (Wildman–Crippen MR) is 101 cm³/mol. The molecule has 1 amide bonds. The van der Waals surface area contributed by atoms with Crippen LogP contribution in [0.15, 0.2) is 53.0 Å². The van der Waals surface area contributed by atoms with Crippen molar-refractivity contribution >= 4 is 33.6 Å². The summed E-state index contributed by atoms with van der Waals surface area (Å²) in [6, 6.07) is 15.4. The first-order valence-electron chi connectivity index (χ1n) is 7.82. The standard InChI is InChI=1S/C18H19BrN2O2S/c19-16-7-6-14(23-13-4-2-1-3-5-13)10-15(16)17-18(22)21-12(11-20)8-9-24-17/h1-7,10,12,17H,8-9,11,20H2,(H,21,22)/t12-,17+/m0/s1. The van der Waals surface area contributed by atoms with Gasteiger partial charge in [0.2, 0.25) is 5.91 Å². The molecule has 6 heteroatoms. The minimum Gasteiger partial charge on any atom is -0.457 e. The summed E-state index contributed by atoms with van der Waals surface area (Å²) >= 11 is 5.20. The van der Waals surface area contributed by atoms with Crippen molar-refractivity contribution in [3.63, 3.8) is 0 Å². The van der Waals surface area contributed by atoms with Crippen molar-refractivity contribution in [3.8, 4) is 11.5 Å². The Morgan fingerprint density at radius 2 is 2.00 bits per heavy atom. The van der Waals surface area contributed by atoms with Crippen molar-refractivity contribution in [2.24, 2.45) is 5.73 Å². The number of carbonyl (C=O) groups excluding carboxylic acids is 1. The maximum atomic E-state index is 12.6. The normalized spacial score (nSPS) is 21.0. The molecule has 2 aromatic carbocycles. The van der Waals surface area contributed by atoms with Gasteiger partial charge in [-0.25, -0.2) is 0 Å². The quantitative estimate of drug-likeness (QED) is 0.808. The van der Waals surface area contributed by atoms with Gasteiger partial charge in [0.15, 0.2) is 0 Å². The van der Waals surface area contributed by atoms with Gasteiger partial charge in [0, 0.05) is 17.1 Å². The maximum Gasteiger partial charge on any atom is 0.237 e.